The van der Waals surface area contributed by atoms with Crippen molar-refractivity contribution < 1.29 is 4.42 Å². The molecule has 8 aromatic carbocycles. The van der Waals surface area contributed by atoms with E-state index in [1.807, 2.05) is 6.07 Å². The monoisotopic (exact) mass is 571 g/mol. The summed E-state index contributed by atoms with van der Waals surface area (Å²) in [4.78, 5) is 5.48. The van der Waals surface area contributed by atoms with Gasteiger partial charge in [-0.25, -0.2) is 4.98 Å². The second-order valence-corrected chi connectivity index (χ2v) is 11.8. The smallest absolute Gasteiger partial charge is 0.136 e. The Balaban J connectivity index is 1.36. The van der Waals surface area contributed by atoms with E-state index >= 15 is 0 Å². The molecule has 2 nitrogen and oxygen atoms in total. The average molecular weight is 572 g/mol. The first-order valence-electron chi connectivity index (χ1n) is 15.4. The Kier molecular flexibility index (Phi) is 5.03. The second-order valence-electron chi connectivity index (χ2n) is 11.8. The maximum Gasteiger partial charge on any atom is 0.136 e. The molecular formula is C43H25NO. The lowest BCUT2D eigenvalue weighted by molar-refractivity contribution is 0.669. The van der Waals surface area contributed by atoms with Gasteiger partial charge in [0, 0.05) is 38.1 Å². The summed E-state index contributed by atoms with van der Waals surface area (Å²) in [6.45, 7) is 0. The molecule has 208 valence electrons. The van der Waals surface area contributed by atoms with Crippen LogP contribution in [0.15, 0.2) is 156 Å². The SMILES string of the molecule is c1ccc(-c2nc3c(-c4ccc5c6ccccc6c6ccccc6c5c4)cccc3c3c2ccc2oc4ccccc4c23)cc1. The van der Waals surface area contributed by atoms with E-state index in [9.17, 15) is 0 Å². The van der Waals surface area contributed by atoms with Crippen molar-refractivity contribution in [3.05, 3.63) is 152 Å². The minimum absolute atomic E-state index is 0.893. The van der Waals surface area contributed by atoms with E-state index in [1.54, 1.807) is 0 Å². The Hall–Kier alpha value is -5.99. The first kappa shape index (κ1) is 24.5. The van der Waals surface area contributed by atoms with Gasteiger partial charge < -0.3 is 4.42 Å². The van der Waals surface area contributed by atoms with Gasteiger partial charge in [0.2, 0.25) is 0 Å². The van der Waals surface area contributed by atoms with Crippen LogP contribution < -0.4 is 0 Å². The minimum atomic E-state index is 0.893. The molecule has 2 aromatic heterocycles. The lowest BCUT2D eigenvalue weighted by atomic mass is 9.90. The fourth-order valence-electron chi connectivity index (χ4n) is 7.46. The van der Waals surface area contributed by atoms with Gasteiger partial charge in [-0.3, -0.25) is 0 Å². The number of furan rings is 1. The van der Waals surface area contributed by atoms with Crippen molar-refractivity contribution >= 4 is 75.9 Å². The fourth-order valence-corrected chi connectivity index (χ4v) is 7.46. The number of aromatic nitrogens is 1. The number of benzene rings is 8. The summed E-state index contributed by atoms with van der Waals surface area (Å²) >= 11 is 0. The first-order valence-corrected chi connectivity index (χ1v) is 15.4. The molecule has 0 spiro atoms. The number of nitrogens with zero attached hydrogens (tertiary/aromatic N) is 1. The molecule has 0 bridgehead atoms. The van der Waals surface area contributed by atoms with Crippen LogP contribution in [-0.2, 0) is 0 Å². The van der Waals surface area contributed by atoms with Crippen LogP contribution in [0.4, 0.5) is 0 Å². The van der Waals surface area contributed by atoms with E-state index in [0.29, 0.717) is 0 Å². The standard InChI is InChI=1S/C43H25NO/c1-2-11-26(12-3-1)42-36-23-24-39-41(34-17-8-9-20-38(34)45-39)40(36)35-19-10-18-28(43(35)44-42)27-21-22-33-31-15-5-4-13-29(31)30-14-6-7-16-32(30)37(33)25-27/h1-25H. The maximum atomic E-state index is 6.37. The van der Waals surface area contributed by atoms with E-state index in [-0.39, 0.29) is 0 Å². The second kappa shape index (κ2) is 9.25. The molecule has 45 heavy (non-hydrogen) atoms. The highest BCUT2D eigenvalue weighted by molar-refractivity contribution is 6.30. The van der Waals surface area contributed by atoms with Gasteiger partial charge in [-0.1, -0.05) is 127 Å². The third-order valence-electron chi connectivity index (χ3n) is 9.43. The molecule has 10 rings (SSSR count). The third-order valence-corrected chi connectivity index (χ3v) is 9.43. The van der Waals surface area contributed by atoms with E-state index < -0.39 is 0 Å². The number of pyridine rings is 1. The van der Waals surface area contributed by atoms with Crippen molar-refractivity contribution in [2.24, 2.45) is 0 Å². The highest BCUT2D eigenvalue weighted by Gasteiger charge is 2.19. The van der Waals surface area contributed by atoms with Gasteiger partial charge in [-0.05, 0) is 62.1 Å². The van der Waals surface area contributed by atoms with E-state index in [2.05, 4.69) is 146 Å². The molecule has 0 aliphatic carbocycles. The molecule has 0 radical (unpaired) electrons. The molecule has 0 amide bonds. The van der Waals surface area contributed by atoms with Gasteiger partial charge in [0.1, 0.15) is 11.2 Å². The first-order chi connectivity index (χ1) is 22.3. The zero-order chi connectivity index (χ0) is 29.5. The normalized spacial score (nSPS) is 12.0. The van der Waals surface area contributed by atoms with Crippen LogP contribution >= 0.6 is 0 Å². The Morgan fingerprint density at radius 2 is 0.956 bits per heavy atom. The van der Waals surface area contributed by atoms with Crippen molar-refractivity contribution in [2.75, 3.05) is 0 Å². The summed E-state index contributed by atoms with van der Waals surface area (Å²) in [6.07, 6.45) is 0. The molecule has 0 atom stereocenters. The lowest BCUT2D eigenvalue weighted by Crippen LogP contribution is -1.93. The summed E-state index contributed by atoms with van der Waals surface area (Å²) < 4.78 is 6.37. The molecule has 0 aliphatic heterocycles. The molecule has 0 fully saturated rings. The number of fused-ring (bicyclic) bond motifs is 13. The van der Waals surface area contributed by atoms with E-state index in [4.69, 9.17) is 9.40 Å². The van der Waals surface area contributed by atoms with Crippen molar-refractivity contribution in [1.29, 1.82) is 0 Å². The topological polar surface area (TPSA) is 26.0 Å². The predicted molar refractivity (Wildman–Crippen MR) is 190 cm³/mol. The number of hydrogen-bond acceptors (Lipinski definition) is 2. The zero-order valence-corrected chi connectivity index (χ0v) is 24.3. The van der Waals surface area contributed by atoms with Crippen molar-refractivity contribution in [2.45, 2.75) is 0 Å². The summed E-state index contributed by atoms with van der Waals surface area (Å²) in [5, 5.41) is 13.3. The van der Waals surface area contributed by atoms with Gasteiger partial charge in [0.05, 0.1) is 11.2 Å². The maximum absolute atomic E-state index is 6.37. The highest BCUT2D eigenvalue weighted by atomic mass is 16.3. The van der Waals surface area contributed by atoms with Gasteiger partial charge in [0.15, 0.2) is 0 Å². The van der Waals surface area contributed by atoms with Gasteiger partial charge >= 0.3 is 0 Å². The average Bonchev–Trinajstić information content (AvgIpc) is 3.50. The van der Waals surface area contributed by atoms with E-state index in [1.165, 1.54) is 37.7 Å². The molecule has 0 N–H and O–H groups in total. The van der Waals surface area contributed by atoms with Gasteiger partial charge in [0.25, 0.3) is 0 Å². The van der Waals surface area contributed by atoms with Crippen LogP contribution in [0.2, 0.25) is 0 Å². The summed E-state index contributed by atoms with van der Waals surface area (Å²) in [7, 11) is 0. The largest absolute Gasteiger partial charge is 0.456 e. The molecule has 2 heterocycles. The fraction of sp³-hybridized carbons (Fsp3) is 0. The van der Waals surface area contributed by atoms with Crippen LogP contribution in [-0.4, -0.2) is 4.98 Å². The number of hydrogen-bond donors (Lipinski definition) is 0. The van der Waals surface area contributed by atoms with Crippen LogP contribution in [0.1, 0.15) is 0 Å². The Bertz CT molecular complexity index is 2770. The van der Waals surface area contributed by atoms with Gasteiger partial charge in [-0.15, -0.1) is 0 Å². The molecule has 0 saturated carbocycles. The summed E-state index contributed by atoms with van der Waals surface area (Å²) in [6, 6.07) is 54.2. The van der Waals surface area contributed by atoms with Crippen molar-refractivity contribution in [3.63, 3.8) is 0 Å². The summed E-state index contributed by atoms with van der Waals surface area (Å²) in [5.74, 6) is 0. The lowest BCUT2D eigenvalue weighted by Gasteiger charge is -2.15. The van der Waals surface area contributed by atoms with Crippen LogP contribution in [0.5, 0.6) is 0 Å². The quantitative estimate of drug-likeness (QED) is 0.193. The Labute approximate surface area is 258 Å². The molecule has 10 aromatic rings. The van der Waals surface area contributed by atoms with Crippen LogP contribution in [0.3, 0.4) is 0 Å². The molecule has 0 unspecified atom stereocenters. The molecular weight excluding hydrogens is 546 g/mol. The van der Waals surface area contributed by atoms with E-state index in [0.717, 1.165) is 60.6 Å². The molecule has 2 heteroatoms. The highest BCUT2D eigenvalue weighted by Crippen LogP contribution is 2.44. The molecule has 0 aliphatic rings. The van der Waals surface area contributed by atoms with Gasteiger partial charge in [-0.2, -0.15) is 0 Å². The zero-order valence-electron chi connectivity index (χ0n) is 24.3. The third kappa shape index (κ3) is 3.48. The Morgan fingerprint density at radius 3 is 1.71 bits per heavy atom. The van der Waals surface area contributed by atoms with Crippen molar-refractivity contribution in [3.8, 4) is 22.4 Å². The number of rotatable bonds is 2. The predicted octanol–water partition coefficient (Wildman–Crippen LogP) is 12.1. The molecule has 0 saturated heterocycles. The van der Waals surface area contributed by atoms with Crippen molar-refractivity contribution in [1.82, 2.24) is 4.98 Å². The van der Waals surface area contributed by atoms with Crippen LogP contribution in [0, 0.1) is 0 Å². The summed E-state index contributed by atoms with van der Waals surface area (Å²) in [5.41, 5.74) is 7.14. The number of para-hydroxylation sites is 2. The Morgan fingerprint density at radius 1 is 0.356 bits per heavy atom. The minimum Gasteiger partial charge on any atom is -0.456 e. The van der Waals surface area contributed by atoms with Crippen LogP contribution in [0.25, 0.3) is 98.3 Å².